The largest absolute Gasteiger partial charge is 0.303 e. The highest BCUT2D eigenvalue weighted by molar-refractivity contribution is 5.56. The molecular formula is C9H8N2O. The molecule has 0 aliphatic rings. The van der Waals surface area contributed by atoms with Crippen molar-refractivity contribution in [2.45, 2.75) is 6.42 Å². The van der Waals surface area contributed by atoms with Gasteiger partial charge in [0, 0.05) is 12.1 Å². The summed E-state index contributed by atoms with van der Waals surface area (Å²) in [6.45, 7) is 0. The number of rotatable bonds is 2. The van der Waals surface area contributed by atoms with Crippen LogP contribution < -0.4 is 0 Å². The second-order valence-corrected chi connectivity index (χ2v) is 2.58. The van der Waals surface area contributed by atoms with Crippen LogP contribution in [0.25, 0.3) is 5.52 Å². The van der Waals surface area contributed by atoms with Crippen molar-refractivity contribution in [1.29, 1.82) is 0 Å². The fraction of sp³-hybridized carbons (Fsp3) is 0.111. The molecule has 12 heavy (non-hydrogen) atoms. The number of nitrogens with zero attached hydrogens (tertiary/aromatic N) is 2. The first-order valence-corrected chi connectivity index (χ1v) is 3.75. The number of aromatic nitrogens is 2. The van der Waals surface area contributed by atoms with Crippen molar-refractivity contribution in [2.24, 2.45) is 0 Å². The molecular weight excluding hydrogens is 152 g/mol. The summed E-state index contributed by atoms with van der Waals surface area (Å²) in [5, 5.41) is 0. The van der Waals surface area contributed by atoms with Gasteiger partial charge < -0.3 is 9.20 Å². The first kappa shape index (κ1) is 7.03. The Kier molecular flexibility index (Phi) is 1.63. The second kappa shape index (κ2) is 2.77. The van der Waals surface area contributed by atoms with Crippen LogP contribution in [-0.2, 0) is 11.2 Å². The minimum absolute atomic E-state index is 0.438. The third-order valence-corrected chi connectivity index (χ3v) is 1.82. The molecule has 0 atom stereocenters. The number of carbonyl (C=O) groups excluding carboxylic acids is 1. The predicted octanol–water partition coefficient (Wildman–Crippen LogP) is 1.08. The summed E-state index contributed by atoms with van der Waals surface area (Å²) in [6.07, 6.45) is 4.82. The summed E-state index contributed by atoms with van der Waals surface area (Å²) >= 11 is 0. The van der Waals surface area contributed by atoms with Gasteiger partial charge in [-0.3, -0.25) is 0 Å². The van der Waals surface area contributed by atoms with Crippen molar-refractivity contribution in [3.05, 3.63) is 36.4 Å². The first-order valence-electron chi connectivity index (χ1n) is 3.75. The fourth-order valence-electron chi connectivity index (χ4n) is 1.26. The molecule has 3 heteroatoms. The van der Waals surface area contributed by atoms with E-state index < -0.39 is 0 Å². The van der Waals surface area contributed by atoms with Gasteiger partial charge in [0.2, 0.25) is 0 Å². The van der Waals surface area contributed by atoms with Crippen LogP contribution in [0.4, 0.5) is 0 Å². The van der Waals surface area contributed by atoms with E-state index in [-0.39, 0.29) is 0 Å². The topological polar surface area (TPSA) is 34.4 Å². The van der Waals surface area contributed by atoms with Crippen molar-refractivity contribution in [3.8, 4) is 0 Å². The Bertz CT molecular complexity index is 406. The lowest BCUT2D eigenvalue weighted by atomic mass is 10.3. The molecule has 0 amide bonds. The fourth-order valence-corrected chi connectivity index (χ4v) is 1.26. The summed E-state index contributed by atoms with van der Waals surface area (Å²) < 4.78 is 1.91. The van der Waals surface area contributed by atoms with Gasteiger partial charge in [0.1, 0.15) is 6.29 Å². The van der Waals surface area contributed by atoms with Crippen LogP contribution in [0.2, 0.25) is 0 Å². The zero-order chi connectivity index (χ0) is 8.39. The Balaban J connectivity index is 2.65. The van der Waals surface area contributed by atoms with Crippen LogP contribution in [0.5, 0.6) is 0 Å². The van der Waals surface area contributed by atoms with Gasteiger partial charge in [-0.25, -0.2) is 4.98 Å². The number of carbonyl (C=O) groups is 1. The van der Waals surface area contributed by atoms with Crippen LogP contribution in [0.3, 0.4) is 0 Å². The number of hydrogen-bond acceptors (Lipinski definition) is 2. The Hall–Kier alpha value is -1.64. The maximum Gasteiger partial charge on any atom is 0.125 e. The summed E-state index contributed by atoms with van der Waals surface area (Å²) in [5.41, 5.74) is 1.99. The van der Waals surface area contributed by atoms with Gasteiger partial charge in [0.05, 0.1) is 18.0 Å². The van der Waals surface area contributed by atoms with Crippen LogP contribution in [0.1, 0.15) is 5.69 Å². The SMILES string of the molecule is O=CCc1cccc2cncn12. The third-order valence-electron chi connectivity index (χ3n) is 1.82. The molecule has 0 bridgehead atoms. The average molecular weight is 160 g/mol. The molecule has 0 fully saturated rings. The summed E-state index contributed by atoms with van der Waals surface area (Å²) in [7, 11) is 0. The number of aldehydes is 1. The van der Waals surface area contributed by atoms with Gasteiger partial charge in [0.25, 0.3) is 0 Å². The molecule has 0 unspecified atom stereocenters. The van der Waals surface area contributed by atoms with Gasteiger partial charge in [-0.15, -0.1) is 0 Å². The lowest BCUT2D eigenvalue weighted by molar-refractivity contribution is -0.107. The van der Waals surface area contributed by atoms with E-state index in [0.29, 0.717) is 6.42 Å². The quantitative estimate of drug-likeness (QED) is 0.616. The Labute approximate surface area is 69.7 Å². The van der Waals surface area contributed by atoms with E-state index in [9.17, 15) is 4.79 Å². The summed E-state index contributed by atoms with van der Waals surface area (Å²) in [4.78, 5) is 14.3. The van der Waals surface area contributed by atoms with Gasteiger partial charge in [-0.05, 0) is 12.1 Å². The maximum absolute atomic E-state index is 10.3. The van der Waals surface area contributed by atoms with Gasteiger partial charge >= 0.3 is 0 Å². The first-order chi connectivity index (χ1) is 5.92. The second-order valence-electron chi connectivity index (χ2n) is 2.58. The van der Waals surface area contributed by atoms with Crippen molar-refractivity contribution in [2.75, 3.05) is 0 Å². The molecule has 0 saturated carbocycles. The van der Waals surface area contributed by atoms with Crippen LogP contribution in [-0.4, -0.2) is 15.7 Å². The van der Waals surface area contributed by atoms with E-state index in [0.717, 1.165) is 17.5 Å². The molecule has 2 aromatic rings. The Morgan fingerprint density at radius 2 is 2.42 bits per heavy atom. The standard InChI is InChI=1S/C9H8N2O/c12-5-4-8-2-1-3-9-6-10-7-11(8)9/h1-3,5-7H,4H2. The lowest BCUT2D eigenvalue weighted by Crippen LogP contribution is -1.95. The molecule has 2 heterocycles. The van der Waals surface area contributed by atoms with E-state index in [1.54, 1.807) is 12.5 Å². The van der Waals surface area contributed by atoms with Gasteiger partial charge in [-0.2, -0.15) is 0 Å². The Morgan fingerprint density at radius 1 is 1.50 bits per heavy atom. The Morgan fingerprint density at radius 3 is 3.25 bits per heavy atom. The molecule has 0 spiro atoms. The van der Waals surface area contributed by atoms with Crippen LogP contribution in [0, 0.1) is 0 Å². The molecule has 60 valence electrons. The lowest BCUT2D eigenvalue weighted by Gasteiger charge is -1.99. The normalized spacial score (nSPS) is 10.3. The number of hydrogen-bond donors (Lipinski definition) is 0. The predicted molar refractivity (Wildman–Crippen MR) is 45.0 cm³/mol. The van der Waals surface area contributed by atoms with Crippen LogP contribution in [0.15, 0.2) is 30.7 Å². The molecule has 0 aliphatic heterocycles. The van der Waals surface area contributed by atoms with E-state index in [1.165, 1.54) is 0 Å². The van der Waals surface area contributed by atoms with Gasteiger partial charge in [0.15, 0.2) is 0 Å². The van der Waals surface area contributed by atoms with E-state index in [4.69, 9.17) is 0 Å². The number of fused-ring (bicyclic) bond motifs is 1. The highest BCUT2D eigenvalue weighted by atomic mass is 16.1. The van der Waals surface area contributed by atoms with Crippen molar-refractivity contribution >= 4 is 11.8 Å². The summed E-state index contributed by atoms with van der Waals surface area (Å²) in [6, 6.07) is 5.81. The van der Waals surface area contributed by atoms with E-state index in [1.807, 2.05) is 22.6 Å². The highest BCUT2D eigenvalue weighted by Gasteiger charge is 1.97. The van der Waals surface area contributed by atoms with Gasteiger partial charge in [-0.1, -0.05) is 6.07 Å². The smallest absolute Gasteiger partial charge is 0.125 e. The van der Waals surface area contributed by atoms with E-state index in [2.05, 4.69) is 4.98 Å². The molecule has 2 aromatic heterocycles. The highest BCUT2D eigenvalue weighted by Crippen LogP contribution is 2.06. The molecule has 0 aromatic carbocycles. The maximum atomic E-state index is 10.3. The van der Waals surface area contributed by atoms with Crippen molar-refractivity contribution < 1.29 is 4.79 Å². The zero-order valence-electron chi connectivity index (χ0n) is 6.47. The van der Waals surface area contributed by atoms with Crippen molar-refractivity contribution in [3.63, 3.8) is 0 Å². The van der Waals surface area contributed by atoms with Crippen LogP contribution >= 0.6 is 0 Å². The number of imidazole rings is 1. The molecule has 0 N–H and O–H groups in total. The molecule has 0 radical (unpaired) electrons. The minimum atomic E-state index is 0.438. The molecule has 2 rings (SSSR count). The number of pyridine rings is 1. The minimum Gasteiger partial charge on any atom is -0.303 e. The monoisotopic (exact) mass is 160 g/mol. The van der Waals surface area contributed by atoms with Crippen molar-refractivity contribution in [1.82, 2.24) is 9.38 Å². The third kappa shape index (κ3) is 0.993. The van der Waals surface area contributed by atoms with E-state index >= 15 is 0 Å². The molecule has 0 aliphatic carbocycles. The summed E-state index contributed by atoms with van der Waals surface area (Å²) in [5.74, 6) is 0. The average Bonchev–Trinajstić information content (AvgIpc) is 2.53. The molecule has 0 saturated heterocycles. The zero-order valence-corrected chi connectivity index (χ0v) is 6.47. The molecule has 3 nitrogen and oxygen atoms in total.